The van der Waals surface area contributed by atoms with Crippen molar-refractivity contribution in [1.82, 2.24) is 15.5 Å². The van der Waals surface area contributed by atoms with E-state index in [1.54, 1.807) is 18.2 Å². The summed E-state index contributed by atoms with van der Waals surface area (Å²) < 4.78 is 0. The van der Waals surface area contributed by atoms with Crippen LogP contribution < -0.4 is 16.0 Å². The standard InChI is InChI=1S/C22H28N4O4/c1-23-18(28)6-5-15(11-27)26-20(29)16-3-2-4-17(19(16)21(26)30)25-8-7-14-9-22(10-14)12-24-13-22/h2-4,11,14-15,24-25H,5-10,12-13H2,1H3,(H,23,28). The highest BCUT2D eigenvalue weighted by atomic mass is 16.2. The largest absolute Gasteiger partial charge is 0.384 e. The summed E-state index contributed by atoms with van der Waals surface area (Å²) >= 11 is 0. The Balaban J connectivity index is 1.40. The number of imide groups is 1. The number of hydrogen-bond donors (Lipinski definition) is 3. The van der Waals surface area contributed by atoms with E-state index in [2.05, 4.69) is 16.0 Å². The zero-order valence-electron chi connectivity index (χ0n) is 17.2. The molecule has 0 aromatic heterocycles. The van der Waals surface area contributed by atoms with Crippen LogP contribution in [0, 0.1) is 11.3 Å². The first-order valence-corrected chi connectivity index (χ1v) is 10.6. The topological polar surface area (TPSA) is 108 Å². The Morgan fingerprint density at radius 3 is 2.70 bits per heavy atom. The molecule has 2 aliphatic heterocycles. The van der Waals surface area contributed by atoms with Gasteiger partial charge in [0.15, 0.2) is 0 Å². The molecule has 3 aliphatic rings. The Morgan fingerprint density at radius 2 is 2.07 bits per heavy atom. The number of aldehydes is 1. The third-order valence-corrected chi connectivity index (χ3v) is 6.69. The molecule has 1 unspecified atom stereocenters. The predicted octanol–water partition coefficient (Wildman–Crippen LogP) is 1.18. The Bertz CT molecular complexity index is 872. The summed E-state index contributed by atoms with van der Waals surface area (Å²) in [6.07, 6.45) is 4.28. The van der Waals surface area contributed by atoms with E-state index in [1.807, 2.05) is 0 Å². The van der Waals surface area contributed by atoms with Gasteiger partial charge in [-0.2, -0.15) is 0 Å². The van der Waals surface area contributed by atoms with Crippen molar-refractivity contribution in [2.45, 2.75) is 38.1 Å². The molecule has 2 heterocycles. The van der Waals surface area contributed by atoms with Gasteiger partial charge in [0.05, 0.1) is 17.2 Å². The van der Waals surface area contributed by atoms with Crippen LogP contribution in [0.25, 0.3) is 0 Å². The Hall–Kier alpha value is -2.74. The molecular weight excluding hydrogens is 384 g/mol. The van der Waals surface area contributed by atoms with Gasteiger partial charge in [-0.3, -0.25) is 19.3 Å². The highest BCUT2D eigenvalue weighted by Crippen LogP contribution is 2.49. The van der Waals surface area contributed by atoms with Gasteiger partial charge in [0.1, 0.15) is 6.29 Å². The van der Waals surface area contributed by atoms with Gasteiger partial charge in [-0.25, -0.2) is 0 Å². The van der Waals surface area contributed by atoms with Crippen LogP contribution in [0.1, 0.15) is 52.8 Å². The molecule has 8 nitrogen and oxygen atoms in total. The zero-order valence-corrected chi connectivity index (χ0v) is 17.2. The summed E-state index contributed by atoms with van der Waals surface area (Å²) in [5.41, 5.74) is 1.80. The molecule has 1 aromatic rings. The average Bonchev–Trinajstić information content (AvgIpc) is 2.94. The second-order valence-corrected chi connectivity index (χ2v) is 8.72. The van der Waals surface area contributed by atoms with Crippen LogP contribution in [0.5, 0.6) is 0 Å². The molecule has 1 aliphatic carbocycles. The molecule has 0 radical (unpaired) electrons. The third kappa shape index (κ3) is 3.60. The van der Waals surface area contributed by atoms with Crippen molar-refractivity contribution in [2.75, 3.05) is 32.0 Å². The molecule has 1 saturated carbocycles. The summed E-state index contributed by atoms with van der Waals surface area (Å²) in [5.74, 6) is -0.494. The van der Waals surface area contributed by atoms with E-state index in [0.29, 0.717) is 34.4 Å². The Labute approximate surface area is 175 Å². The van der Waals surface area contributed by atoms with Crippen LogP contribution in [0.3, 0.4) is 0 Å². The lowest BCUT2D eigenvalue weighted by atomic mass is 9.58. The quantitative estimate of drug-likeness (QED) is 0.415. The van der Waals surface area contributed by atoms with Crippen LogP contribution in [0.15, 0.2) is 18.2 Å². The molecule has 3 amide bonds. The van der Waals surface area contributed by atoms with Gasteiger partial charge in [-0.05, 0) is 49.1 Å². The number of fused-ring (bicyclic) bond motifs is 1. The van der Waals surface area contributed by atoms with E-state index in [1.165, 1.54) is 19.9 Å². The first-order chi connectivity index (χ1) is 14.5. The molecule has 2 fully saturated rings. The summed E-state index contributed by atoms with van der Waals surface area (Å²) in [6, 6.07) is 4.20. The number of benzene rings is 1. The summed E-state index contributed by atoms with van der Waals surface area (Å²) in [4.78, 5) is 50.0. The van der Waals surface area contributed by atoms with Crippen LogP contribution in [-0.2, 0) is 9.59 Å². The van der Waals surface area contributed by atoms with Crippen molar-refractivity contribution in [2.24, 2.45) is 11.3 Å². The maximum absolute atomic E-state index is 13.0. The number of carbonyl (C=O) groups is 4. The van der Waals surface area contributed by atoms with E-state index in [4.69, 9.17) is 0 Å². The number of carbonyl (C=O) groups excluding carboxylic acids is 4. The lowest BCUT2D eigenvalue weighted by Crippen LogP contribution is -2.60. The van der Waals surface area contributed by atoms with Crippen molar-refractivity contribution in [1.29, 1.82) is 0 Å². The van der Waals surface area contributed by atoms with Crippen molar-refractivity contribution in [3.8, 4) is 0 Å². The highest BCUT2D eigenvalue weighted by molar-refractivity contribution is 6.24. The van der Waals surface area contributed by atoms with E-state index in [0.717, 1.165) is 31.0 Å². The number of amides is 3. The maximum Gasteiger partial charge on any atom is 0.264 e. The Kier molecular flexibility index (Phi) is 5.60. The van der Waals surface area contributed by atoms with E-state index >= 15 is 0 Å². The van der Waals surface area contributed by atoms with Gasteiger partial charge in [-0.1, -0.05) is 6.07 Å². The minimum absolute atomic E-state index is 0.0663. The third-order valence-electron chi connectivity index (χ3n) is 6.69. The molecule has 30 heavy (non-hydrogen) atoms. The number of nitrogens with zero attached hydrogens (tertiary/aromatic N) is 1. The number of rotatable bonds is 9. The average molecular weight is 412 g/mol. The van der Waals surface area contributed by atoms with Gasteiger partial charge in [0.2, 0.25) is 5.91 Å². The molecule has 0 bridgehead atoms. The molecule has 4 rings (SSSR count). The molecule has 1 saturated heterocycles. The van der Waals surface area contributed by atoms with Crippen LogP contribution in [0.4, 0.5) is 5.69 Å². The fourth-order valence-corrected chi connectivity index (χ4v) is 4.96. The summed E-state index contributed by atoms with van der Waals surface area (Å²) in [5, 5.41) is 9.15. The smallest absolute Gasteiger partial charge is 0.264 e. The second-order valence-electron chi connectivity index (χ2n) is 8.72. The van der Waals surface area contributed by atoms with Crippen LogP contribution in [-0.4, -0.2) is 61.6 Å². The van der Waals surface area contributed by atoms with Gasteiger partial charge in [0, 0.05) is 38.8 Å². The van der Waals surface area contributed by atoms with Gasteiger partial charge in [0.25, 0.3) is 11.8 Å². The monoisotopic (exact) mass is 412 g/mol. The highest BCUT2D eigenvalue weighted by Gasteiger charge is 2.47. The number of anilines is 1. The number of nitrogens with one attached hydrogen (secondary N) is 3. The fraction of sp³-hybridized carbons (Fsp3) is 0.545. The lowest BCUT2D eigenvalue weighted by Gasteiger charge is -2.54. The van der Waals surface area contributed by atoms with Crippen molar-refractivity contribution in [3.63, 3.8) is 0 Å². The van der Waals surface area contributed by atoms with Gasteiger partial charge >= 0.3 is 0 Å². The molecule has 3 N–H and O–H groups in total. The van der Waals surface area contributed by atoms with E-state index in [9.17, 15) is 19.2 Å². The lowest BCUT2D eigenvalue weighted by molar-refractivity contribution is -0.121. The van der Waals surface area contributed by atoms with Crippen molar-refractivity contribution < 1.29 is 19.2 Å². The maximum atomic E-state index is 13.0. The van der Waals surface area contributed by atoms with Crippen molar-refractivity contribution >= 4 is 29.7 Å². The van der Waals surface area contributed by atoms with Gasteiger partial charge < -0.3 is 20.7 Å². The van der Waals surface area contributed by atoms with Crippen LogP contribution >= 0.6 is 0 Å². The minimum Gasteiger partial charge on any atom is -0.384 e. The van der Waals surface area contributed by atoms with Crippen LogP contribution in [0.2, 0.25) is 0 Å². The predicted molar refractivity (Wildman–Crippen MR) is 111 cm³/mol. The summed E-state index contributed by atoms with van der Waals surface area (Å²) in [6.45, 7) is 3.00. The molecule has 1 spiro atoms. The molecular formula is C22H28N4O4. The first kappa shape index (κ1) is 20.5. The fourth-order valence-electron chi connectivity index (χ4n) is 4.96. The molecule has 8 heteroatoms. The zero-order chi connectivity index (χ0) is 21.3. The normalized spacial score (nSPS) is 20.4. The SMILES string of the molecule is CNC(=O)CCC(C=O)N1C(=O)c2cccc(NCCC3CC4(CNC4)C3)c2C1=O. The first-order valence-electron chi connectivity index (χ1n) is 10.6. The van der Waals surface area contributed by atoms with E-state index in [-0.39, 0.29) is 18.7 Å². The summed E-state index contributed by atoms with van der Waals surface area (Å²) in [7, 11) is 1.50. The molecule has 1 atom stereocenters. The van der Waals surface area contributed by atoms with Gasteiger partial charge in [-0.15, -0.1) is 0 Å². The Morgan fingerprint density at radius 1 is 1.30 bits per heavy atom. The van der Waals surface area contributed by atoms with Crippen molar-refractivity contribution in [3.05, 3.63) is 29.3 Å². The molecule has 1 aromatic carbocycles. The second kappa shape index (κ2) is 8.18. The molecule has 160 valence electrons. The van der Waals surface area contributed by atoms with E-state index < -0.39 is 17.9 Å². The number of hydrogen-bond acceptors (Lipinski definition) is 6. The minimum atomic E-state index is -0.954.